The molecular weight excluding hydrogens is 224 g/mol. The van der Waals surface area contributed by atoms with E-state index in [4.69, 9.17) is 4.74 Å². The number of rotatable bonds is 7. The number of hydrogen-bond acceptors (Lipinski definition) is 2. The molecule has 0 fully saturated rings. The van der Waals surface area contributed by atoms with Gasteiger partial charge in [-0.25, -0.2) is 0 Å². The lowest BCUT2D eigenvalue weighted by Gasteiger charge is -2.14. The maximum Gasteiger partial charge on any atom is 0.128 e. The Morgan fingerprint density at radius 3 is 2.89 bits per heavy atom. The van der Waals surface area contributed by atoms with E-state index >= 15 is 0 Å². The van der Waals surface area contributed by atoms with Gasteiger partial charge in [-0.15, -0.1) is 0 Å². The minimum atomic E-state index is -0.361. The number of aliphatic hydroxyl groups is 1. The fourth-order valence-corrected chi connectivity index (χ4v) is 2.60. The predicted octanol–water partition coefficient (Wildman–Crippen LogP) is 4.02. The van der Waals surface area contributed by atoms with Gasteiger partial charge in [0.1, 0.15) is 5.75 Å². The maximum atomic E-state index is 10.3. The van der Waals surface area contributed by atoms with Crippen LogP contribution in [-0.4, -0.2) is 11.7 Å². The van der Waals surface area contributed by atoms with E-state index in [0.29, 0.717) is 0 Å². The summed E-state index contributed by atoms with van der Waals surface area (Å²) in [7, 11) is 0. The summed E-state index contributed by atoms with van der Waals surface area (Å²) in [5.41, 5.74) is 2.23. The lowest BCUT2D eigenvalue weighted by atomic mass is 9.99. The number of benzene rings is 1. The first-order chi connectivity index (χ1) is 8.83. The number of aliphatic hydroxyl groups excluding tert-OH is 1. The van der Waals surface area contributed by atoms with Crippen LogP contribution in [0.15, 0.2) is 18.2 Å². The van der Waals surface area contributed by atoms with Crippen LogP contribution in [0.25, 0.3) is 0 Å². The van der Waals surface area contributed by atoms with Gasteiger partial charge in [0, 0.05) is 12.0 Å². The second kappa shape index (κ2) is 6.79. The van der Waals surface area contributed by atoms with Crippen LogP contribution in [0.1, 0.15) is 62.7 Å². The highest BCUT2D eigenvalue weighted by Crippen LogP contribution is 2.35. The van der Waals surface area contributed by atoms with Gasteiger partial charge in [-0.2, -0.15) is 0 Å². The molecule has 0 radical (unpaired) electrons. The van der Waals surface area contributed by atoms with E-state index in [9.17, 15) is 5.11 Å². The largest absolute Gasteiger partial charge is 0.493 e. The zero-order valence-electron chi connectivity index (χ0n) is 11.3. The number of fused-ring (bicyclic) bond motifs is 1. The SMILES string of the molecule is CCCCCCCC(O)c1cccc2c1OCC2. The third kappa shape index (κ3) is 3.26. The molecule has 2 rings (SSSR count). The molecule has 1 aromatic carbocycles. The fourth-order valence-electron chi connectivity index (χ4n) is 2.60. The van der Waals surface area contributed by atoms with Crippen LogP contribution in [-0.2, 0) is 6.42 Å². The van der Waals surface area contributed by atoms with Gasteiger partial charge in [0.15, 0.2) is 0 Å². The summed E-state index contributed by atoms with van der Waals surface area (Å²) >= 11 is 0. The summed E-state index contributed by atoms with van der Waals surface area (Å²) in [6.45, 7) is 2.98. The molecule has 0 spiro atoms. The molecule has 0 saturated carbocycles. The summed E-state index contributed by atoms with van der Waals surface area (Å²) in [5, 5.41) is 10.3. The van der Waals surface area contributed by atoms with Crippen molar-refractivity contribution in [1.29, 1.82) is 0 Å². The molecule has 1 aliphatic rings. The highest BCUT2D eigenvalue weighted by Gasteiger charge is 2.20. The van der Waals surface area contributed by atoms with Gasteiger partial charge in [-0.1, -0.05) is 57.2 Å². The number of ether oxygens (including phenoxy) is 1. The Balaban J connectivity index is 1.85. The number of unbranched alkanes of at least 4 members (excludes halogenated alkanes) is 4. The molecule has 2 heteroatoms. The van der Waals surface area contributed by atoms with E-state index < -0.39 is 0 Å². The quantitative estimate of drug-likeness (QED) is 0.739. The first-order valence-corrected chi connectivity index (χ1v) is 7.25. The summed E-state index contributed by atoms with van der Waals surface area (Å²) in [6.07, 6.45) is 7.65. The molecule has 18 heavy (non-hydrogen) atoms. The van der Waals surface area contributed by atoms with Crippen LogP contribution in [0.2, 0.25) is 0 Å². The van der Waals surface area contributed by atoms with E-state index in [2.05, 4.69) is 13.0 Å². The molecule has 2 nitrogen and oxygen atoms in total. The normalized spacial score (nSPS) is 15.2. The Bertz CT molecular complexity index is 373. The number of para-hydroxylation sites is 1. The minimum Gasteiger partial charge on any atom is -0.493 e. The lowest BCUT2D eigenvalue weighted by molar-refractivity contribution is 0.159. The van der Waals surface area contributed by atoms with Crippen LogP contribution in [0.4, 0.5) is 0 Å². The van der Waals surface area contributed by atoms with Gasteiger partial charge in [0.05, 0.1) is 12.7 Å². The van der Waals surface area contributed by atoms with Crippen LogP contribution >= 0.6 is 0 Å². The van der Waals surface area contributed by atoms with Crippen LogP contribution in [0.5, 0.6) is 5.75 Å². The molecule has 1 heterocycles. The van der Waals surface area contributed by atoms with Gasteiger partial charge in [-0.05, 0) is 12.0 Å². The van der Waals surface area contributed by atoms with E-state index in [-0.39, 0.29) is 6.10 Å². The first-order valence-electron chi connectivity index (χ1n) is 7.25. The van der Waals surface area contributed by atoms with Gasteiger partial charge in [-0.3, -0.25) is 0 Å². The van der Waals surface area contributed by atoms with Crippen LogP contribution in [0, 0.1) is 0 Å². The summed E-state index contributed by atoms with van der Waals surface area (Å²) in [5.74, 6) is 0.943. The third-order valence-corrected chi connectivity index (χ3v) is 3.68. The standard InChI is InChI=1S/C16H24O2/c1-2-3-4-5-6-10-15(17)14-9-7-8-13-11-12-18-16(13)14/h7-9,15,17H,2-6,10-12H2,1H3. The third-order valence-electron chi connectivity index (χ3n) is 3.68. The van der Waals surface area contributed by atoms with Crippen LogP contribution < -0.4 is 4.74 Å². The van der Waals surface area contributed by atoms with Crippen molar-refractivity contribution in [3.63, 3.8) is 0 Å². The van der Waals surface area contributed by atoms with Crippen LogP contribution in [0.3, 0.4) is 0 Å². The average Bonchev–Trinajstić information content (AvgIpc) is 2.86. The van der Waals surface area contributed by atoms with Gasteiger partial charge < -0.3 is 9.84 Å². The number of hydrogen-bond donors (Lipinski definition) is 1. The summed E-state index contributed by atoms with van der Waals surface area (Å²) in [4.78, 5) is 0. The summed E-state index contributed by atoms with van der Waals surface area (Å²) in [6, 6.07) is 6.13. The zero-order chi connectivity index (χ0) is 12.8. The Morgan fingerprint density at radius 1 is 1.22 bits per heavy atom. The molecule has 1 aliphatic heterocycles. The van der Waals surface area contributed by atoms with Gasteiger partial charge >= 0.3 is 0 Å². The minimum absolute atomic E-state index is 0.361. The topological polar surface area (TPSA) is 29.5 Å². The summed E-state index contributed by atoms with van der Waals surface area (Å²) < 4.78 is 5.64. The highest BCUT2D eigenvalue weighted by atomic mass is 16.5. The molecule has 1 unspecified atom stereocenters. The Hall–Kier alpha value is -1.02. The molecule has 1 aromatic rings. The molecule has 0 saturated heterocycles. The molecule has 0 bridgehead atoms. The van der Waals surface area contributed by atoms with Gasteiger partial charge in [0.2, 0.25) is 0 Å². The molecule has 0 aromatic heterocycles. The molecule has 1 atom stereocenters. The van der Waals surface area contributed by atoms with Gasteiger partial charge in [0.25, 0.3) is 0 Å². The van der Waals surface area contributed by atoms with Crippen molar-refractivity contribution in [1.82, 2.24) is 0 Å². The molecular formula is C16H24O2. The van der Waals surface area contributed by atoms with Crippen molar-refractivity contribution < 1.29 is 9.84 Å². The molecule has 100 valence electrons. The average molecular weight is 248 g/mol. The smallest absolute Gasteiger partial charge is 0.128 e. The van der Waals surface area contributed by atoms with E-state index in [1.807, 2.05) is 12.1 Å². The van der Waals surface area contributed by atoms with Crippen molar-refractivity contribution in [3.8, 4) is 5.75 Å². The van der Waals surface area contributed by atoms with E-state index in [1.54, 1.807) is 0 Å². The van der Waals surface area contributed by atoms with Crippen molar-refractivity contribution in [2.45, 2.75) is 58.0 Å². The van der Waals surface area contributed by atoms with Crippen molar-refractivity contribution >= 4 is 0 Å². The Morgan fingerprint density at radius 2 is 2.06 bits per heavy atom. The molecule has 1 N–H and O–H groups in total. The monoisotopic (exact) mass is 248 g/mol. The Labute approximate surface area is 110 Å². The van der Waals surface area contributed by atoms with E-state index in [0.717, 1.165) is 37.2 Å². The Kier molecular flexibility index (Phi) is 5.06. The first kappa shape index (κ1) is 13.4. The molecule has 0 aliphatic carbocycles. The molecule has 0 amide bonds. The van der Waals surface area contributed by atoms with Crippen molar-refractivity contribution in [2.75, 3.05) is 6.61 Å². The predicted molar refractivity (Wildman–Crippen MR) is 74.0 cm³/mol. The highest BCUT2D eigenvalue weighted by molar-refractivity contribution is 5.45. The van der Waals surface area contributed by atoms with E-state index in [1.165, 1.54) is 31.2 Å². The maximum absolute atomic E-state index is 10.3. The fraction of sp³-hybridized carbons (Fsp3) is 0.625. The van der Waals surface area contributed by atoms with Crippen molar-refractivity contribution in [3.05, 3.63) is 29.3 Å². The second-order valence-corrected chi connectivity index (χ2v) is 5.15. The zero-order valence-corrected chi connectivity index (χ0v) is 11.3. The van der Waals surface area contributed by atoms with Crippen molar-refractivity contribution in [2.24, 2.45) is 0 Å². The lowest BCUT2D eigenvalue weighted by Crippen LogP contribution is -2.00. The second-order valence-electron chi connectivity index (χ2n) is 5.15.